The van der Waals surface area contributed by atoms with E-state index in [1.165, 1.54) is 96.3 Å². The lowest BCUT2D eigenvalue weighted by Crippen LogP contribution is -2.32. The van der Waals surface area contributed by atoms with Crippen LogP contribution in [-0.2, 0) is 14.3 Å². The van der Waals surface area contributed by atoms with Crippen LogP contribution in [0, 0.1) is 5.92 Å². The molecule has 5 heteroatoms. The van der Waals surface area contributed by atoms with Gasteiger partial charge in [-0.2, -0.15) is 0 Å². The van der Waals surface area contributed by atoms with Crippen molar-refractivity contribution in [2.45, 2.75) is 188 Å². The highest BCUT2D eigenvalue weighted by molar-refractivity contribution is 9.09. The molecule has 0 aromatic heterocycles. The van der Waals surface area contributed by atoms with Crippen LogP contribution in [0.15, 0.2) is 0 Å². The number of ether oxygens (including phenoxy) is 1. The van der Waals surface area contributed by atoms with Gasteiger partial charge in [-0.25, -0.2) is 0 Å². The number of nitrogens with zero attached hydrogens (tertiary/aromatic N) is 1. The Balaban J connectivity index is 4.31. The van der Waals surface area contributed by atoms with Gasteiger partial charge in [-0.05, 0) is 51.4 Å². The fourth-order valence-corrected chi connectivity index (χ4v) is 5.96. The highest BCUT2D eigenvalue weighted by Gasteiger charge is 2.19. The maximum absolute atomic E-state index is 12.9. The number of carbonyl (C=O) groups excluding carboxylic acids is 2. The van der Waals surface area contributed by atoms with Crippen LogP contribution in [0.4, 0.5) is 0 Å². The predicted octanol–water partition coefficient (Wildman–Crippen LogP) is 11.6. The van der Waals surface area contributed by atoms with Crippen LogP contribution < -0.4 is 0 Å². The van der Waals surface area contributed by atoms with E-state index in [-0.39, 0.29) is 11.9 Å². The Hall–Kier alpha value is -0.580. The van der Waals surface area contributed by atoms with E-state index in [1.807, 2.05) is 0 Å². The molecule has 41 heavy (non-hydrogen) atoms. The number of hydrogen-bond donors (Lipinski definition) is 0. The van der Waals surface area contributed by atoms with Gasteiger partial charge in [-0.15, -0.1) is 0 Å². The van der Waals surface area contributed by atoms with Crippen molar-refractivity contribution in [3.05, 3.63) is 0 Å². The number of esters is 1. The van der Waals surface area contributed by atoms with Crippen molar-refractivity contribution in [3.8, 4) is 0 Å². The third-order valence-electron chi connectivity index (χ3n) is 8.37. The SMILES string of the molecule is CCCCCCCCC(CCCCCC)C(=O)OCCCCCCN(CCCCCC)C(=O)CCCCCCCBr. The summed E-state index contributed by atoms with van der Waals surface area (Å²) in [5.74, 6) is 0.493. The first kappa shape index (κ1) is 40.4. The van der Waals surface area contributed by atoms with Gasteiger partial charge in [-0.3, -0.25) is 9.59 Å². The van der Waals surface area contributed by atoms with Gasteiger partial charge in [0, 0.05) is 24.8 Å². The molecule has 0 heterocycles. The Kier molecular flexibility index (Phi) is 31.9. The van der Waals surface area contributed by atoms with E-state index in [9.17, 15) is 9.59 Å². The molecule has 0 aliphatic rings. The highest BCUT2D eigenvalue weighted by atomic mass is 79.9. The summed E-state index contributed by atoms with van der Waals surface area (Å²) < 4.78 is 5.77. The largest absolute Gasteiger partial charge is 0.465 e. The minimum absolute atomic E-state index is 0.0473. The summed E-state index contributed by atoms with van der Waals surface area (Å²) in [6.45, 7) is 9.07. The van der Waals surface area contributed by atoms with Crippen LogP contribution >= 0.6 is 15.9 Å². The van der Waals surface area contributed by atoms with Gasteiger partial charge < -0.3 is 9.64 Å². The Morgan fingerprint density at radius 2 is 1.00 bits per heavy atom. The van der Waals surface area contributed by atoms with Crippen LogP contribution in [0.3, 0.4) is 0 Å². The molecule has 0 bridgehead atoms. The Morgan fingerprint density at radius 1 is 0.561 bits per heavy atom. The number of unbranched alkanes of at least 4 members (excludes halogenated alkanes) is 18. The topological polar surface area (TPSA) is 46.6 Å². The van der Waals surface area contributed by atoms with Gasteiger partial charge in [0.1, 0.15) is 0 Å². The third kappa shape index (κ3) is 26.8. The number of hydrogen-bond acceptors (Lipinski definition) is 3. The van der Waals surface area contributed by atoms with Crippen molar-refractivity contribution in [1.29, 1.82) is 0 Å². The minimum Gasteiger partial charge on any atom is -0.465 e. The molecule has 0 saturated heterocycles. The quantitative estimate of drug-likeness (QED) is 0.0416. The normalized spacial score (nSPS) is 12.0. The smallest absolute Gasteiger partial charge is 0.308 e. The first-order valence-corrected chi connectivity index (χ1v) is 19.2. The van der Waals surface area contributed by atoms with Crippen LogP contribution in [-0.4, -0.2) is 41.8 Å². The van der Waals surface area contributed by atoms with Crippen LogP contribution in [0.5, 0.6) is 0 Å². The summed E-state index contributed by atoms with van der Waals surface area (Å²) in [5, 5.41) is 1.08. The number of rotatable bonds is 32. The molecule has 4 nitrogen and oxygen atoms in total. The van der Waals surface area contributed by atoms with E-state index >= 15 is 0 Å². The number of alkyl halides is 1. The molecule has 0 aromatic carbocycles. The van der Waals surface area contributed by atoms with E-state index in [1.54, 1.807) is 0 Å². The highest BCUT2D eigenvalue weighted by Crippen LogP contribution is 2.21. The maximum atomic E-state index is 12.9. The maximum Gasteiger partial charge on any atom is 0.308 e. The van der Waals surface area contributed by atoms with Crippen molar-refractivity contribution in [2.24, 2.45) is 5.92 Å². The number of amides is 1. The second-order valence-corrected chi connectivity index (χ2v) is 13.1. The number of carbonyl (C=O) groups is 2. The van der Waals surface area contributed by atoms with Gasteiger partial charge in [0.15, 0.2) is 0 Å². The van der Waals surface area contributed by atoms with E-state index in [4.69, 9.17) is 4.74 Å². The summed E-state index contributed by atoms with van der Waals surface area (Å²) in [4.78, 5) is 27.9. The van der Waals surface area contributed by atoms with Crippen LogP contribution in [0.2, 0.25) is 0 Å². The molecule has 0 saturated carbocycles. The molecule has 0 N–H and O–H groups in total. The molecule has 0 spiro atoms. The van der Waals surface area contributed by atoms with Gasteiger partial charge >= 0.3 is 5.97 Å². The fraction of sp³-hybridized carbons (Fsp3) is 0.944. The molecule has 1 amide bonds. The summed E-state index contributed by atoms with van der Waals surface area (Å²) in [5.41, 5.74) is 0. The van der Waals surface area contributed by atoms with E-state index in [2.05, 4.69) is 41.6 Å². The molecule has 1 unspecified atom stereocenters. The molecule has 1 atom stereocenters. The second-order valence-electron chi connectivity index (χ2n) is 12.3. The minimum atomic E-state index is 0.0473. The predicted molar refractivity (Wildman–Crippen MR) is 182 cm³/mol. The Labute approximate surface area is 265 Å². The zero-order valence-electron chi connectivity index (χ0n) is 27.8. The molecule has 0 radical (unpaired) electrons. The van der Waals surface area contributed by atoms with Crippen LogP contribution in [0.1, 0.15) is 188 Å². The standard InChI is InChI=1S/C36H70BrNO3/c1-4-7-10-13-15-21-28-34(27-20-11-8-5-2)36(40)41-33-26-19-18-25-32-38(31-24-12-9-6-3)35(39)29-22-16-14-17-23-30-37/h34H,4-33H2,1-3H3. The number of halogens is 1. The van der Waals surface area contributed by atoms with E-state index < -0.39 is 0 Å². The first-order chi connectivity index (χ1) is 20.1. The van der Waals surface area contributed by atoms with Crippen molar-refractivity contribution >= 4 is 27.8 Å². The van der Waals surface area contributed by atoms with Crippen molar-refractivity contribution in [2.75, 3.05) is 25.0 Å². The van der Waals surface area contributed by atoms with Crippen molar-refractivity contribution in [3.63, 3.8) is 0 Å². The average Bonchev–Trinajstić information content (AvgIpc) is 2.97. The van der Waals surface area contributed by atoms with Gasteiger partial charge in [0.05, 0.1) is 12.5 Å². The van der Waals surface area contributed by atoms with Gasteiger partial charge in [-0.1, -0.05) is 146 Å². The van der Waals surface area contributed by atoms with Crippen molar-refractivity contribution in [1.82, 2.24) is 4.90 Å². The van der Waals surface area contributed by atoms with E-state index in [0.717, 1.165) is 82.6 Å². The molecular weight excluding hydrogens is 574 g/mol. The lowest BCUT2D eigenvalue weighted by molar-refractivity contribution is -0.149. The molecule has 0 fully saturated rings. The van der Waals surface area contributed by atoms with Gasteiger partial charge in [0.2, 0.25) is 5.91 Å². The first-order valence-electron chi connectivity index (χ1n) is 18.1. The Morgan fingerprint density at radius 3 is 1.59 bits per heavy atom. The third-order valence-corrected chi connectivity index (χ3v) is 8.93. The van der Waals surface area contributed by atoms with Crippen molar-refractivity contribution < 1.29 is 14.3 Å². The Bertz CT molecular complexity index is 571. The molecule has 0 aliphatic heterocycles. The molecular formula is C36H70BrNO3. The lowest BCUT2D eigenvalue weighted by atomic mass is 9.94. The zero-order valence-corrected chi connectivity index (χ0v) is 29.4. The summed E-state index contributed by atoms with van der Waals surface area (Å²) in [7, 11) is 0. The summed E-state index contributed by atoms with van der Waals surface area (Å²) >= 11 is 3.50. The summed E-state index contributed by atoms with van der Waals surface area (Å²) in [6.07, 6.45) is 30.1. The summed E-state index contributed by atoms with van der Waals surface area (Å²) in [6, 6.07) is 0. The monoisotopic (exact) mass is 643 g/mol. The average molecular weight is 645 g/mol. The molecule has 0 aromatic rings. The lowest BCUT2D eigenvalue weighted by Gasteiger charge is -2.23. The van der Waals surface area contributed by atoms with E-state index in [0.29, 0.717) is 18.9 Å². The van der Waals surface area contributed by atoms with Gasteiger partial charge in [0.25, 0.3) is 0 Å². The molecule has 0 rings (SSSR count). The zero-order chi connectivity index (χ0) is 30.2. The fourth-order valence-electron chi connectivity index (χ4n) is 5.57. The second kappa shape index (κ2) is 32.3. The van der Waals surface area contributed by atoms with Crippen LogP contribution in [0.25, 0.3) is 0 Å². The molecule has 244 valence electrons. The molecule has 0 aliphatic carbocycles.